The normalized spacial score (nSPS) is 19.7. The van der Waals surface area contributed by atoms with Gasteiger partial charge < -0.3 is 21.7 Å². The summed E-state index contributed by atoms with van der Waals surface area (Å²) in [7, 11) is 0. The molecular formula is C20H40N2O4. The van der Waals surface area contributed by atoms with Gasteiger partial charge in [0.05, 0.1) is 0 Å². The number of hydrogen-bond donors (Lipinski definition) is 4. The molecule has 6 nitrogen and oxygen atoms in total. The Balaban J connectivity index is 0.000000485. The van der Waals surface area contributed by atoms with Crippen LogP contribution >= 0.6 is 0 Å². The molecule has 1 fully saturated rings. The van der Waals surface area contributed by atoms with E-state index >= 15 is 0 Å². The van der Waals surface area contributed by atoms with E-state index in [1.165, 1.54) is 44.9 Å². The minimum absolute atomic E-state index is 0.0411. The van der Waals surface area contributed by atoms with Crippen LogP contribution in [0.15, 0.2) is 0 Å². The van der Waals surface area contributed by atoms with Crippen LogP contribution in [0.2, 0.25) is 0 Å². The molecular weight excluding hydrogens is 332 g/mol. The van der Waals surface area contributed by atoms with E-state index in [0.717, 1.165) is 12.8 Å². The first kappa shape index (κ1) is 24.9. The number of carbonyl (C=O) groups excluding carboxylic acids is 2. The Labute approximate surface area is 158 Å². The topological polar surface area (TPSA) is 127 Å². The Morgan fingerprint density at radius 3 is 1.42 bits per heavy atom. The van der Waals surface area contributed by atoms with Crippen LogP contribution in [0, 0.1) is 11.8 Å². The van der Waals surface area contributed by atoms with Gasteiger partial charge in [0.2, 0.25) is 11.8 Å². The summed E-state index contributed by atoms with van der Waals surface area (Å²) < 4.78 is 0. The maximum absolute atomic E-state index is 10.7. The fourth-order valence-corrected chi connectivity index (χ4v) is 3.30. The number of primary amides is 2. The first-order chi connectivity index (χ1) is 12.4. The van der Waals surface area contributed by atoms with Gasteiger partial charge in [0, 0.05) is 11.8 Å². The lowest BCUT2D eigenvalue weighted by Crippen LogP contribution is -2.32. The molecule has 6 heteroatoms. The third kappa shape index (κ3) is 14.1. The molecule has 0 aliphatic heterocycles. The molecule has 1 saturated carbocycles. The number of amides is 2. The quantitative estimate of drug-likeness (QED) is 0.310. The zero-order chi connectivity index (χ0) is 19.8. The van der Waals surface area contributed by atoms with E-state index in [2.05, 4.69) is 6.92 Å². The number of hydrogen-bond acceptors (Lipinski definition) is 4. The van der Waals surface area contributed by atoms with Crippen molar-refractivity contribution in [1.82, 2.24) is 0 Å². The van der Waals surface area contributed by atoms with Gasteiger partial charge in [-0.15, -0.1) is 0 Å². The highest BCUT2D eigenvalue weighted by atomic mass is 16.5. The van der Waals surface area contributed by atoms with E-state index in [1.807, 2.05) is 0 Å². The molecule has 0 aromatic carbocycles. The van der Waals surface area contributed by atoms with Crippen molar-refractivity contribution in [3.05, 3.63) is 0 Å². The molecule has 2 amide bonds. The number of carbonyl (C=O) groups is 2. The predicted molar refractivity (Wildman–Crippen MR) is 104 cm³/mol. The van der Waals surface area contributed by atoms with Gasteiger partial charge >= 0.3 is 0 Å². The van der Waals surface area contributed by atoms with Crippen molar-refractivity contribution in [2.45, 2.75) is 103 Å². The summed E-state index contributed by atoms with van der Waals surface area (Å²) in [6.45, 7) is 2.24. The van der Waals surface area contributed by atoms with Crippen molar-refractivity contribution in [2.75, 3.05) is 0 Å². The fraction of sp³-hybridized carbons (Fsp3) is 0.900. The van der Waals surface area contributed by atoms with Gasteiger partial charge in [-0.05, 0) is 38.5 Å². The summed E-state index contributed by atoms with van der Waals surface area (Å²) in [5, 5.41) is 17.2. The van der Waals surface area contributed by atoms with E-state index in [1.54, 1.807) is 0 Å². The van der Waals surface area contributed by atoms with Gasteiger partial charge in [-0.1, -0.05) is 58.3 Å². The maximum Gasteiger partial charge on any atom is 0.220 e. The fourth-order valence-electron chi connectivity index (χ4n) is 3.30. The first-order valence-corrected chi connectivity index (χ1v) is 10.3. The van der Waals surface area contributed by atoms with E-state index in [-0.39, 0.29) is 23.7 Å². The Hall–Kier alpha value is -1.14. The lowest BCUT2D eigenvalue weighted by molar-refractivity contribution is -0.127. The van der Waals surface area contributed by atoms with Gasteiger partial charge in [0.25, 0.3) is 0 Å². The number of rotatable bonds is 12. The summed E-state index contributed by atoms with van der Waals surface area (Å²) in [4.78, 5) is 21.5. The molecule has 26 heavy (non-hydrogen) atoms. The minimum Gasteiger partial charge on any atom is -0.369 e. The van der Waals surface area contributed by atoms with Gasteiger partial charge in [0.1, 0.15) is 0 Å². The first-order valence-electron chi connectivity index (χ1n) is 10.3. The van der Waals surface area contributed by atoms with E-state index in [9.17, 15) is 9.59 Å². The third-order valence-electron chi connectivity index (χ3n) is 5.10. The van der Waals surface area contributed by atoms with Crippen LogP contribution in [0.4, 0.5) is 0 Å². The van der Waals surface area contributed by atoms with Crippen molar-refractivity contribution in [3.63, 3.8) is 0 Å². The lowest BCUT2D eigenvalue weighted by atomic mass is 9.81. The zero-order valence-corrected chi connectivity index (χ0v) is 16.5. The number of nitrogens with two attached hydrogens (primary N) is 2. The van der Waals surface area contributed by atoms with Crippen molar-refractivity contribution < 1.29 is 19.8 Å². The molecule has 0 atom stereocenters. The van der Waals surface area contributed by atoms with Crippen LogP contribution in [-0.2, 0) is 9.59 Å². The predicted octanol–water partition coefficient (Wildman–Crippen LogP) is 2.98. The van der Waals surface area contributed by atoms with Gasteiger partial charge in [0.15, 0.2) is 6.29 Å². The minimum atomic E-state index is -1.10. The molecule has 0 saturated heterocycles. The molecule has 0 heterocycles. The molecule has 6 N–H and O–H groups in total. The largest absolute Gasteiger partial charge is 0.369 e. The number of unbranched alkanes of at least 4 members (excludes halogenated alkanes) is 8. The van der Waals surface area contributed by atoms with Crippen molar-refractivity contribution in [3.8, 4) is 0 Å². The molecule has 0 aromatic heterocycles. The van der Waals surface area contributed by atoms with Crippen molar-refractivity contribution >= 4 is 11.8 Å². The van der Waals surface area contributed by atoms with E-state index < -0.39 is 6.29 Å². The molecule has 0 spiro atoms. The molecule has 1 aliphatic rings. The maximum atomic E-state index is 10.7. The average molecular weight is 373 g/mol. The van der Waals surface area contributed by atoms with Crippen molar-refractivity contribution in [2.24, 2.45) is 23.3 Å². The highest BCUT2D eigenvalue weighted by Crippen LogP contribution is 2.28. The van der Waals surface area contributed by atoms with Crippen molar-refractivity contribution in [1.29, 1.82) is 0 Å². The molecule has 0 bridgehead atoms. The van der Waals surface area contributed by atoms with Crippen LogP contribution in [-0.4, -0.2) is 28.3 Å². The number of aliphatic hydroxyl groups is 2. The smallest absolute Gasteiger partial charge is 0.220 e. The van der Waals surface area contributed by atoms with Gasteiger partial charge in [-0.3, -0.25) is 9.59 Å². The Morgan fingerprint density at radius 2 is 1.12 bits per heavy atom. The Morgan fingerprint density at radius 1 is 0.769 bits per heavy atom. The lowest BCUT2D eigenvalue weighted by Gasteiger charge is -2.23. The Kier molecular flexibility index (Phi) is 15.4. The summed E-state index contributed by atoms with van der Waals surface area (Å²) in [5.74, 6) is -0.586. The third-order valence-corrected chi connectivity index (χ3v) is 5.10. The summed E-state index contributed by atoms with van der Waals surface area (Å²) in [6.07, 6.45) is 13.7. The summed E-state index contributed by atoms with van der Waals surface area (Å²) >= 11 is 0. The van der Waals surface area contributed by atoms with Crippen LogP contribution in [0.25, 0.3) is 0 Å². The highest BCUT2D eigenvalue weighted by molar-refractivity contribution is 5.79. The molecule has 1 rings (SSSR count). The molecule has 0 unspecified atom stereocenters. The monoisotopic (exact) mass is 372 g/mol. The second-order valence-electron chi connectivity index (χ2n) is 7.45. The summed E-state index contributed by atoms with van der Waals surface area (Å²) in [5.41, 5.74) is 10.3. The van der Waals surface area contributed by atoms with Crippen LogP contribution in [0.1, 0.15) is 96.8 Å². The second kappa shape index (κ2) is 16.1. The van der Waals surface area contributed by atoms with Gasteiger partial charge in [-0.2, -0.15) is 0 Å². The average Bonchev–Trinajstić information content (AvgIpc) is 2.60. The number of aliphatic hydroxyl groups excluding tert-OH is 1. The van der Waals surface area contributed by atoms with Crippen LogP contribution in [0.5, 0.6) is 0 Å². The highest BCUT2D eigenvalue weighted by Gasteiger charge is 2.27. The zero-order valence-electron chi connectivity index (χ0n) is 16.5. The second-order valence-corrected chi connectivity index (χ2v) is 7.45. The van der Waals surface area contributed by atoms with Crippen LogP contribution in [0.3, 0.4) is 0 Å². The molecule has 0 aromatic rings. The van der Waals surface area contributed by atoms with E-state index in [0.29, 0.717) is 32.1 Å². The van der Waals surface area contributed by atoms with Gasteiger partial charge in [-0.25, -0.2) is 0 Å². The molecule has 0 radical (unpaired) electrons. The molecule has 154 valence electrons. The van der Waals surface area contributed by atoms with E-state index in [4.69, 9.17) is 21.7 Å². The SMILES string of the molecule is CCCCCCCCCCCC(O)O.NC(=O)C1CCC(C(N)=O)CC1. The molecule has 1 aliphatic carbocycles. The Bertz CT molecular complexity index is 345. The standard InChI is InChI=1S/C12H26O2.C8H14N2O2/c1-2-3-4-5-6-7-8-9-10-11-12(13)14;9-7(11)5-1-2-6(4-3-5)8(10)12/h12-14H,2-11H2,1H3;5-6H,1-4H2,(H2,9,11)(H2,10,12). The summed E-state index contributed by atoms with van der Waals surface area (Å²) in [6, 6.07) is 0. The van der Waals surface area contributed by atoms with Crippen LogP contribution < -0.4 is 11.5 Å².